The fourth-order valence-electron chi connectivity index (χ4n) is 2.63. The van der Waals surface area contributed by atoms with Crippen molar-refractivity contribution in [2.24, 2.45) is 23.3 Å². The molecule has 0 saturated heterocycles. The van der Waals surface area contributed by atoms with Gasteiger partial charge in [-0.05, 0) is 25.2 Å². The van der Waals surface area contributed by atoms with E-state index in [-0.39, 0.29) is 24.7 Å². The van der Waals surface area contributed by atoms with Crippen LogP contribution in [0, 0.1) is 11.8 Å². The van der Waals surface area contributed by atoms with Crippen molar-refractivity contribution in [2.45, 2.75) is 78.0 Å². The topological polar surface area (TPSA) is 194 Å². The summed E-state index contributed by atoms with van der Waals surface area (Å²) in [6.45, 7) is 8.62. The van der Waals surface area contributed by atoms with Gasteiger partial charge in [-0.15, -0.1) is 0 Å². The second-order valence-electron chi connectivity index (χ2n) is 7.91. The lowest BCUT2D eigenvalue weighted by molar-refractivity contribution is -0.142. The summed E-state index contributed by atoms with van der Waals surface area (Å²) in [6.07, 6.45) is 0.413. The number of nitrogens with one attached hydrogen (secondary N) is 3. The van der Waals surface area contributed by atoms with Gasteiger partial charge in [0, 0.05) is 0 Å². The van der Waals surface area contributed by atoms with Crippen LogP contribution < -0.4 is 27.4 Å². The molecule has 172 valence electrons. The standard InChI is InChI=1S/C19H35N5O6/c1-6-10(4)15(24-17(27)12(20)8-14(21)25)18(28)22-11(5)16(26)23-13(19(29)30)7-9(2)3/h9-13,15H,6-8,20H2,1-5H3,(H2,21,25)(H,22,28)(H,23,26)(H,24,27)(H,29,30). The molecule has 11 heteroatoms. The van der Waals surface area contributed by atoms with Crippen LogP contribution in [0.25, 0.3) is 0 Å². The SMILES string of the molecule is CCC(C)C(NC(=O)C(N)CC(N)=O)C(=O)NC(C)C(=O)NC(CC(C)C)C(=O)O. The molecule has 0 aliphatic carbocycles. The summed E-state index contributed by atoms with van der Waals surface area (Å²) in [6, 6.07) is -4.31. The van der Waals surface area contributed by atoms with Crippen LogP contribution in [0.2, 0.25) is 0 Å². The van der Waals surface area contributed by atoms with E-state index in [1.165, 1.54) is 6.92 Å². The van der Waals surface area contributed by atoms with Crippen LogP contribution in [-0.4, -0.2) is 58.9 Å². The molecule has 0 aliphatic rings. The van der Waals surface area contributed by atoms with Crippen molar-refractivity contribution in [3.8, 4) is 0 Å². The fourth-order valence-corrected chi connectivity index (χ4v) is 2.63. The summed E-state index contributed by atoms with van der Waals surface area (Å²) in [5.41, 5.74) is 10.6. The molecule has 4 amide bonds. The molecule has 0 rings (SSSR count). The molecule has 0 fully saturated rings. The minimum atomic E-state index is -1.20. The first-order valence-electron chi connectivity index (χ1n) is 9.97. The van der Waals surface area contributed by atoms with Crippen molar-refractivity contribution >= 4 is 29.6 Å². The van der Waals surface area contributed by atoms with E-state index in [4.69, 9.17) is 11.5 Å². The lowest BCUT2D eigenvalue weighted by Gasteiger charge is -2.27. The Hall–Kier alpha value is -2.69. The van der Waals surface area contributed by atoms with Crippen molar-refractivity contribution in [3.05, 3.63) is 0 Å². The monoisotopic (exact) mass is 429 g/mol. The summed E-state index contributed by atoms with van der Waals surface area (Å²) in [5, 5.41) is 16.6. The van der Waals surface area contributed by atoms with Gasteiger partial charge in [0.25, 0.3) is 0 Å². The number of carboxylic acids is 1. The highest BCUT2D eigenvalue weighted by atomic mass is 16.4. The molecule has 0 aromatic carbocycles. The maximum absolute atomic E-state index is 12.7. The van der Waals surface area contributed by atoms with Gasteiger partial charge >= 0.3 is 5.97 Å². The summed E-state index contributed by atoms with van der Waals surface area (Å²) in [7, 11) is 0. The third kappa shape index (κ3) is 9.68. The molecule has 0 aromatic heterocycles. The quantitative estimate of drug-likeness (QED) is 0.212. The highest BCUT2D eigenvalue weighted by Gasteiger charge is 2.31. The summed E-state index contributed by atoms with van der Waals surface area (Å²) in [5.74, 6) is -4.15. The average molecular weight is 430 g/mol. The number of hydrogen-bond acceptors (Lipinski definition) is 6. The fraction of sp³-hybridized carbons (Fsp3) is 0.737. The van der Waals surface area contributed by atoms with E-state index < -0.39 is 53.8 Å². The average Bonchev–Trinajstić information content (AvgIpc) is 2.63. The van der Waals surface area contributed by atoms with Crippen LogP contribution >= 0.6 is 0 Å². The van der Waals surface area contributed by atoms with Gasteiger partial charge in [0.05, 0.1) is 12.5 Å². The van der Waals surface area contributed by atoms with Gasteiger partial charge in [-0.1, -0.05) is 34.1 Å². The third-order valence-electron chi connectivity index (χ3n) is 4.62. The van der Waals surface area contributed by atoms with Crippen LogP contribution in [0.5, 0.6) is 0 Å². The molecule has 0 spiro atoms. The molecule has 11 nitrogen and oxygen atoms in total. The van der Waals surface area contributed by atoms with Crippen LogP contribution in [0.4, 0.5) is 0 Å². The zero-order valence-electron chi connectivity index (χ0n) is 18.2. The number of carboxylic acid groups (broad SMARTS) is 1. The molecule has 30 heavy (non-hydrogen) atoms. The molecule has 5 atom stereocenters. The Labute approximate surface area is 176 Å². The van der Waals surface area contributed by atoms with Crippen molar-refractivity contribution in [1.29, 1.82) is 0 Å². The number of carbonyl (C=O) groups is 5. The predicted molar refractivity (Wildman–Crippen MR) is 110 cm³/mol. The van der Waals surface area contributed by atoms with Gasteiger partial charge in [0.15, 0.2) is 0 Å². The van der Waals surface area contributed by atoms with Gasteiger partial charge in [0.1, 0.15) is 18.1 Å². The van der Waals surface area contributed by atoms with Crippen LogP contribution in [0.15, 0.2) is 0 Å². The molecule has 0 heterocycles. The van der Waals surface area contributed by atoms with Crippen LogP contribution in [-0.2, 0) is 24.0 Å². The van der Waals surface area contributed by atoms with Gasteiger partial charge in [-0.2, -0.15) is 0 Å². The van der Waals surface area contributed by atoms with Gasteiger partial charge < -0.3 is 32.5 Å². The lowest BCUT2D eigenvalue weighted by atomic mass is 9.97. The summed E-state index contributed by atoms with van der Waals surface area (Å²) < 4.78 is 0. The molecule has 0 aromatic rings. The van der Waals surface area contributed by atoms with Gasteiger partial charge in [0.2, 0.25) is 23.6 Å². The summed E-state index contributed by atoms with van der Waals surface area (Å²) in [4.78, 5) is 59.5. The maximum Gasteiger partial charge on any atom is 0.326 e. The zero-order valence-corrected chi connectivity index (χ0v) is 18.2. The van der Waals surface area contributed by atoms with E-state index in [0.29, 0.717) is 6.42 Å². The molecule has 0 aliphatic heterocycles. The maximum atomic E-state index is 12.7. The van der Waals surface area contributed by atoms with E-state index in [1.807, 2.05) is 20.8 Å². The first-order valence-corrected chi connectivity index (χ1v) is 9.97. The summed E-state index contributed by atoms with van der Waals surface area (Å²) >= 11 is 0. The van der Waals surface area contributed by atoms with Crippen molar-refractivity contribution in [1.82, 2.24) is 16.0 Å². The highest BCUT2D eigenvalue weighted by molar-refractivity contribution is 5.95. The predicted octanol–water partition coefficient (Wildman–Crippen LogP) is -1.16. The number of carbonyl (C=O) groups excluding carboxylic acids is 4. The Bertz CT molecular complexity index is 639. The second kappa shape index (κ2) is 12.8. The van der Waals surface area contributed by atoms with Crippen molar-refractivity contribution in [2.75, 3.05) is 0 Å². The van der Waals surface area contributed by atoms with Gasteiger partial charge in [-0.3, -0.25) is 19.2 Å². The van der Waals surface area contributed by atoms with Crippen molar-refractivity contribution in [3.63, 3.8) is 0 Å². The second-order valence-corrected chi connectivity index (χ2v) is 7.91. The number of aliphatic carboxylic acids is 1. The highest BCUT2D eigenvalue weighted by Crippen LogP contribution is 2.09. The first-order chi connectivity index (χ1) is 13.8. The van der Waals surface area contributed by atoms with Gasteiger partial charge in [-0.25, -0.2) is 4.79 Å². The van der Waals surface area contributed by atoms with Crippen LogP contribution in [0.1, 0.15) is 53.9 Å². The lowest BCUT2D eigenvalue weighted by Crippen LogP contribution is -2.58. The van der Waals surface area contributed by atoms with E-state index >= 15 is 0 Å². The Balaban J connectivity index is 5.13. The molecule has 8 N–H and O–H groups in total. The minimum Gasteiger partial charge on any atom is -0.480 e. The normalized spacial score (nSPS) is 16.0. The number of primary amides is 1. The molecular weight excluding hydrogens is 394 g/mol. The molecule has 5 unspecified atom stereocenters. The molecule has 0 radical (unpaired) electrons. The number of rotatable bonds is 13. The Morgan fingerprint density at radius 2 is 1.47 bits per heavy atom. The Morgan fingerprint density at radius 3 is 1.90 bits per heavy atom. The number of amides is 4. The van der Waals surface area contributed by atoms with E-state index in [9.17, 15) is 29.1 Å². The van der Waals surface area contributed by atoms with E-state index in [2.05, 4.69) is 16.0 Å². The van der Waals surface area contributed by atoms with E-state index in [1.54, 1.807) is 6.92 Å². The van der Waals surface area contributed by atoms with Crippen molar-refractivity contribution < 1.29 is 29.1 Å². The smallest absolute Gasteiger partial charge is 0.326 e. The third-order valence-corrected chi connectivity index (χ3v) is 4.62. The molecule has 0 saturated carbocycles. The first kappa shape index (κ1) is 27.3. The van der Waals surface area contributed by atoms with E-state index in [0.717, 1.165) is 0 Å². The minimum absolute atomic E-state index is 0.0471. The largest absolute Gasteiger partial charge is 0.480 e. The Morgan fingerprint density at radius 1 is 0.900 bits per heavy atom. The Kier molecular flexibility index (Phi) is 11.6. The van der Waals surface area contributed by atoms with Crippen LogP contribution in [0.3, 0.4) is 0 Å². The number of nitrogens with two attached hydrogens (primary N) is 2. The molecule has 0 bridgehead atoms. The number of hydrogen-bond donors (Lipinski definition) is 6. The zero-order chi connectivity index (χ0) is 23.6. The molecular formula is C19H35N5O6.